The van der Waals surface area contributed by atoms with Gasteiger partial charge in [-0.05, 0) is 67.4 Å². The summed E-state index contributed by atoms with van der Waals surface area (Å²) in [7, 11) is 0. The highest BCUT2D eigenvalue weighted by Crippen LogP contribution is 2.25. The van der Waals surface area contributed by atoms with E-state index in [0.29, 0.717) is 33.1 Å². The standard InChI is InChI=1S/C26H20N6O2S/c1-16-6-5-9-21(17(16)2)31-24(34)20-7-3-4-8-22(20)32-25(31)29-30-26(32)35-15-23(33)28-19-12-10-18(14-27)11-13-19/h3-13H,15H2,1-2H3,(H,28,33). The number of nitriles is 1. The summed E-state index contributed by atoms with van der Waals surface area (Å²) in [5.41, 5.74) is 4.41. The molecule has 0 atom stereocenters. The second-order valence-electron chi connectivity index (χ2n) is 8.02. The number of rotatable bonds is 5. The highest BCUT2D eigenvalue weighted by atomic mass is 32.2. The zero-order valence-corrected chi connectivity index (χ0v) is 19.8. The lowest BCUT2D eigenvalue weighted by Crippen LogP contribution is -2.22. The lowest BCUT2D eigenvalue weighted by atomic mass is 10.1. The van der Waals surface area contributed by atoms with Crippen LogP contribution in [0.2, 0.25) is 0 Å². The van der Waals surface area contributed by atoms with Gasteiger partial charge < -0.3 is 5.32 Å². The van der Waals surface area contributed by atoms with Crippen LogP contribution in [-0.4, -0.2) is 30.8 Å². The quantitative estimate of drug-likeness (QED) is 0.377. The average molecular weight is 481 g/mol. The Labute approximate surface area is 204 Å². The molecule has 0 aliphatic carbocycles. The first-order valence-electron chi connectivity index (χ1n) is 10.9. The first-order chi connectivity index (χ1) is 17.0. The molecule has 0 bridgehead atoms. The molecule has 2 heterocycles. The number of nitrogens with zero attached hydrogens (tertiary/aromatic N) is 5. The van der Waals surface area contributed by atoms with E-state index in [-0.39, 0.29) is 17.2 Å². The van der Waals surface area contributed by atoms with Crippen molar-refractivity contribution >= 4 is 40.0 Å². The molecule has 0 aliphatic rings. The summed E-state index contributed by atoms with van der Waals surface area (Å²) in [4.78, 5) is 26.1. The number of fused-ring (bicyclic) bond motifs is 3. The molecule has 8 nitrogen and oxygen atoms in total. The maximum Gasteiger partial charge on any atom is 0.267 e. The Bertz CT molecular complexity index is 1700. The molecule has 0 unspecified atom stereocenters. The number of anilines is 1. The van der Waals surface area contributed by atoms with E-state index in [1.807, 2.05) is 54.6 Å². The van der Waals surface area contributed by atoms with Crippen LogP contribution in [0.3, 0.4) is 0 Å². The second-order valence-corrected chi connectivity index (χ2v) is 8.96. The molecule has 1 N–H and O–H groups in total. The molecule has 0 spiro atoms. The molecule has 9 heteroatoms. The summed E-state index contributed by atoms with van der Waals surface area (Å²) in [6.45, 7) is 3.97. The monoisotopic (exact) mass is 480 g/mol. The molecule has 2 aromatic heterocycles. The highest BCUT2D eigenvalue weighted by molar-refractivity contribution is 7.99. The zero-order valence-electron chi connectivity index (χ0n) is 19.0. The van der Waals surface area contributed by atoms with Crippen LogP contribution in [0.15, 0.2) is 76.7 Å². The molecule has 172 valence electrons. The first kappa shape index (κ1) is 22.4. The SMILES string of the molecule is Cc1cccc(-n2c(=O)c3ccccc3n3c(SCC(=O)Nc4ccc(C#N)cc4)nnc23)c1C. The van der Waals surface area contributed by atoms with Gasteiger partial charge in [0.1, 0.15) is 0 Å². The van der Waals surface area contributed by atoms with Gasteiger partial charge >= 0.3 is 0 Å². The topological polar surface area (TPSA) is 105 Å². The van der Waals surface area contributed by atoms with E-state index in [9.17, 15) is 9.59 Å². The van der Waals surface area contributed by atoms with E-state index >= 15 is 0 Å². The molecular formula is C26H20N6O2S. The Morgan fingerprint density at radius 3 is 2.57 bits per heavy atom. The normalized spacial score (nSPS) is 11.0. The summed E-state index contributed by atoms with van der Waals surface area (Å²) in [6, 6.07) is 21.8. The van der Waals surface area contributed by atoms with Crippen molar-refractivity contribution in [3.8, 4) is 11.8 Å². The summed E-state index contributed by atoms with van der Waals surface area (Å²) in [5, 5.41) is 21.5. The third kappa shape index (κ3) is 4.05. The van der Waals surface area contributed by atoms with Gasteiger partial charge in [-0.15, -0.1) is 10.2 Å². The molecule has 3 aromatic carbocycles. The Balaban J connectivity index is 1.54. The number of carbonyl (C=O) groups is 1. The number of thioether (sulfide) groups is 1. The van der Waals surface area contributed by atoms with Crippen molar-refractivity contribution in [2.45, 2.75) is 19.0 Å². The predicted molar refractivity (Wildman–Crippen MR) is 136 cm³/mol. The summed E-state index contributed by atoms with van der Waals surface area (Å²) in [5.74, 6) is 0.263. The Hall–Kier alpha value is -4.42. The van der Waals surface area contributed by atoms with Crippen LogP contribution in [0, 0.1) is 25.2 Å². The number of hydrogen-bond donors (Lipinski definition) is 1. The fourth-order valence-electron chi connectivity index (χ4n) is 3.92. The number of nitrogens with one attached hydrogen (secondary N) is 1. The van der Waals surface area contributed by atoms with Crippen molar-refractivity contribution in [3.63, 3.8) is 0 Å². The van der Waals surface area contributed by atoms with Crippen molar-refractivity contribution in [3.05, 3.63) is 93.8 Å². The molecule has 0 fully saturated rings. The number of benzene rings is 3. The van der Waals surface area contributed by atoms with Crippen LogP contribution in [0.25, 0.3) is 22.4 Å². The maximum absolute atomic E-state index is 13.5. The van der Waals surface area contributed by atoms with Gasteiger partial charge in [-0.1, -0.05) is 36.0 Å². The highest BCUT2D eigenvalue weighted by Gasteiger charge is 2.19. The second kappa shape index (κ2) is 9.08. The van der Waals surface area contributed by atoms with Crippen LogP contribution < -0.4 is 10.9 Å². The van der Waals surface area contributed by atoms with Gasteiger partial charge in [-0.3, -0.25) is 14.0 Å². The fourth-order valence-corrected chi connectivity index (χ4v) is 4.66. The molecule has 0 radical (unpaired) electrons. The van der Waals surface area contributed by atoms with E-state index in [2.05, 4.69) is 21.6 Å². The van der Waals surface area contributed by atoms with Crippen molar-refractivity contribution in [1.29, 1.82) is 5.26 Å². The maximum atomic E-state index is 13.5. The van der Waals surface area contributed by atoms with Crippen molar-refractivity contribution in [2.24, 2.45) is 0 Å². The Morgan fingerprint density at radius 2 is 1.80 bits per heavy atom. The predicted octanol–water partition coefficient (Wildman–Crippen LogP) is 4.25. The smallest absolute Gasteiger partial charge is 0.267 e. The molecular weight excluding hydrogens is 460 g/mol. The number of para-hydroxylation sites is 1. The van der Waals surface area contributed by atoms with Gasteiger partial charge in [0.25, 0.3) is 5.56 Å². The van der Waals surface area contributed by atoms with Crippen LogP contribution >= 0.6 is 11.8 Å². The lowest BCUT2D eigenvalue weighted by Gasteiger charge is -2.14. The first-order valence-corrected chi connectivity index (χ1v) is 11.8. The van der Waals surface area contributed by atoms with Crippen LogP contribution in [0.1, 0.15) is 16.7 Å². The van der Waals surface area contributed by atoms with Crippen molar-refractivity contribution in [2.75, 3.05) is 11.1 Å². The number of carbonyl (C=O) groups excluding carboxylic acids is 1. The number of aryl methyl sites for hydroxylation is 1. The van der Waals surface area contributed by atoms with E-state index in [1.54, 1.807) is 34.9 Å². The van der Waals surface area contributed by atoms with Crippen LogP contribution in [0.4, 0.5) is 5.69 Å². The van der Waals surface area contributed by atoms with E-state index < -0.39 is 0 Å². The lowest BCUT2D eigenvalue weighted by molar-refractivity contribution is -0.113. The fraction of sp³-hybridized carbons (Fsp3) is 0.115. The van der Waals surface area contributed by atoms with Crippen LogP contribution in [-0.2, 0) is 4.79 Å². The van der Waals surface area contributed by atoms with Gasteiger partial charge in [0, 0.05) is 5.69 Å². The molecule has 1 amide bonds. The molecule has 35 heavy (non-hydrogen) atoms. The number of hydrogen-bond acceptors (Lipinski definition) is 6. The minimum Gasteiger partial charge on any atom is -0.325 e. The van der Waals surface area contributed by atoms with E-state index in [0.717, 1.165) is 16.8 Å². The number of amides is 1. The van der Waals surface area contributed by atoms with Gasteiger partial charge in [-0.2, -0.15) is 5.26 Å². The molecule has 0 saturated carbocycles. The molecule has 0 saturated heterocycles. The largest absolute Gasteiger partial charge is 0.325 e. The Morgan fingerprint density at radius 1 is 1.03 bits per heavy atom. The van der Waals surface area contributed by atoms with Crippen molar-refractivity contribution in [1.82, 2.24) is 19.2 Å². The van der Waals surface area contributed by atoms with Gasteiger partial charge in [0.2, 0.25) is 11.7 Å². The molecule has 5 rings (SSSR count). The summed E-state index contributed by atoms with van der Waals surface area (Å²) in [6.07, 6.45) is 0. The third-order valence-electron chi connectivity index (χ3n) is 5.84. The third-order valence-corrected chi connectivity index (χ3v) is 6.77. The average Bonchev–Trinajstić information content (AvgIpc) is 3.29. The minimum atomic E-state index is -0.219. The summed E-state index contributed by atoms with van der Waals surface area (Å²) < 4.78 is 3.40. The van der Waals surface area contributed by atoms with Gasteiger partial charge in [0.15, 0.2) is 5.16 Å². The molecule has 5 aromatic rings. The van der Waals surface area contributed by atoms with Crippen LogP contribution in [0.5, 0.6) is 0 Å². The van der Waals surface area contributed by atoms with E-state index in [1.165, 1.54) is 11.8 Å². The van der Waals surface area contributed by atoms with Gasteiger partial charge in [0.05, 0.1) is 34.0 Å². The molecule has 0 aliphatic heterocycles. The number of aromatic nitrogens is 4. The Kier molecular flexibility index (Phi) is 5.81. The van der Waals surface area contributed by atoms with Crippen molar-refractivity contribution < 1.29 is 4.79 Å². The summed E-state index contributed by atoms with van der Waals surface area (Å²) >= 11 is 1.23. The zero-order chi connectivity index (χ0) is 24.5. The minimum absolute atomic E-state index is 0.0950. The van der Waals surface area contributed by atoms with E-state index in [4.69, 9.17) is 5.26 Å². The van der Waals surface area contributed by atoms with Gasteiger partial charge in [-0.25, -0.2) is 4.57 Å².